The standard InChI is InChI=1S/C9H13NO4S/c10-5-8(1-3-14-6-8)9(11)2-4-15(12,13)7-9/h11H,1-4,6-7H2. The molecular weight excluding hydrogens is 218 g/mol. The molecule has 2 aliphatic heterocycles. The molecule has 0 spiro atoms. The molecule has 0 saturated carbocycles. The molecule has 0 aliphatic carbocycles. The van der Waals surface area contributed by atoms with Gasteiger partial charge in [0.1, 0.15) is 11.0 Å². The van der Waals surface area contributed by atoms with Gasteiger partial charge in [-0.1, -0.05) is 0 Å². The third kappa shape index (κ3) is 1.55. The Morgan fingerprint density at radius 3 is 2.53 bits per heavy atom. The van der Waals surface area contributed by atoms with E-state index in [9.17, 15) is 13.5 Å². The van der Waals surface area contributed by atoms with Gasteiger partial charge in [-0.3, -0.25) is 0 Å². The number of sulfone groups is 1. The van der Waals surface area contributed by atoms with Crippen LogP contribution in [0.25, 0.3) is 0 Å². The highest BCUT2D eigenvalue weighted by Crippen LogP contribution is 2.45. The molecule has 0 radical (unpaired) electrons. The van der Waals surface area contributed by atoms with Gasteiger partial charge in [-0.2, -0.15) is 5.26 Å². The monoisotopic (exact) mass is 231 g/mol. The Hall–Kier alpha value is -0.640. The highest BCUT2D eigenvalue weighted by atomic mass is 32.2. The van der Waals surface area contributed by atoms with Crippen molar-refractivity contribution in [2.75, 3.05) is 24.7 Å². The fourth-order valence-electron chi connectivity index (χ4n) is 2.33. The molecule has 1 N–H and O–H groups in total. The maximum atomic E-state index is 11.4. The largest absolute Gasteiger partial charge is 0.387 e. The van der Waals surface area contributed by atoms with Gasteiger partial charge in [-0.15, -0.1) is 0 Å². The average molecular weight is 231 g/mol. The number of aliphatic hydroxyl groups is 1. The van der Waals surface area contributed by atoms with Crippen molar-refractivity contribution in [2.24, 2.45) is 5.41 Å². The fourth-order valence-corrected chi connectivity index (χ4v) is 4.28. The van der Waals surface area contributed by atoms with Crippen molar-refractivity contribution < 1.29 is 18.3 Å². The van der Waals surface area contributed by atoms with E-state index >= 15 is 0 Å². The first-order valence-corrected chi connectivity index (χ1v) is 6.67. The highest BCUT2D eigenvalue weighted by molar-refractivity contribution is 7.91. The second-order valence-corrected chi connectivity index (χ2v) is 6.55. The second kappa shape index (κ2) is 3.17. The van der Waals surface area contributed by atoms with E-state index in [4.69, 9.17) is 10.00 Å². The minimum atomic E-state index is -3.20. The minimum absolute atomic E-state index is 0.0348. The Bertz CT molecular complexity index is 404. The third-order valence-electron chi connectivity index (χ3n) is 3.41. The topological polar surface area (TPSA) is 87.4 Å². The molecular formula is C9H13NO4S. The van der Waals surface area contributed by atoms with Gasteiger partial charge >= 0.3 is 0 Å². The molecule has 84 valence electrons. The minimum Gasteiger partial charge on any atom is -0.387 e. The molecule has 15 heavy (non-hydrogen) atoms. The number of nitriles is 1. The van der Waals surface area contributed by atoms with Gasteiger partial charge in [0.05, 0.1) is 24.2 Å². The van der Waals surface area contributed by atoms with Gasteiger partial charge < -0.3 is 9.84 Å². The lowest BCUT2D eigenvalue weighted by Crippen LogP contribution is -2.49. The summed E-state index contributed by atoms with van der Waals surface area (Å²) in [5, 5.41) is 19.4. The maximum Gasteiger partial charge on any atom is 0.153 e. The molecule has 6 heteroatoms. The van der Waals surface area contributed by atoms with E-state index < -0.39 is 20.9 Å². The van der Waals surface area contributed by atoms with Crippen molar-refractivity contribution in [3.8, 4) is 6.07 Å². The first-order chi connectivity index (χ1) is 6.93. The van der Waals surface area contributed by atoms with E-state index in [0.717, 1.165) is 0 Å². The summed E-state index contributed by atoms with van der Waals surface area (Å²) in [6.07, 6.45) is 0.557. The molecule has 2 fully saturated rings. The van der Waals surface area contributed by atoms with Crippen LogP contribution in [0.15, 0.2) is 0 Å². The van der Waals surface area contributed by atoms with Crippen LogP contribution in [-0.2, 0) is 14.6 Å². The van der Waals surface area contributed by atoms with Gasteiger partial charge in [0.15, 0.2) is 9.84 Å². The molecule has 2 atom stereocenters. The van der Waals surface area contributed by atoms with E-state index in [1.54, 1.807) is 0 Å². The first kappa shape index (κ1) is 10.9. The summed E-state index contributed by atoms with van der Waals surface area (Å²) in [6.45, 7) is 0.547. The summed E-state index contributed by atoms with van der Waals surface area (Å²) in [5.41, 5.74) is -2.45. The van der Waals surface area contributed by atoms with E-state index in [-0.39, 0.29) is 24.5 Å². The number of nitrogens with zero attached hydrogens (tertiary/aromatic N) is 1. The van der Waals surface area contributed by atoms with Crippen LogP contribution in [-0.4, -0.2) is 43.8 Å². The van der Waals surface area contributed by atoms with Crippen molar-refractivity contribution >= 4 is 9.84 Å². The van der Waals surface area contributed by atoms with Gasteiger partial charge in [0.2, 0.25) is 0 Å². The molecule has 0 aromatic carbocycles. The van der Waals surface area contributed by atoms with Crippen LogP contribution in [0.1, 0.15) is 12.8 Å². The Morgan fingerprint density at radius 1 is 1.40 bits per heavy atom. The van der Waals surface area contributed by atoms with Gasteiger partial charge in [0, 0.05) is 6.61 Å². The normalized spacial score (nSPS) is 44.0. The zero-order valence-corrected chi connectivity index (χ0v) is 9.09. The molecule has 2 saturated heterocycles. The molecule has 2 aliphatic rings. The van der Waals surface area contributed by atoms with Crippen LogP contribution in [0.2, 0.25) is 0 Å². The quantitative estimate of drug-likeness (QED) is 0.655. The highest BCUT2D eigenvalue weighted by Gasteiger charge is 2.58. The van der Waals surface area contributed by atoms with E-state index in [2.05, 4.69) is 6.07 Å². The SMILES string of the molecule is N#CC1(C2(O)CCS(=O)(=O)C2)CCOC1. The van der Waals surface area contributed by atoms with E-state index in [1.807, 2.05) is 0 Å². The van der Waals surface area contributed by atoms with Crippen LogP contribution in [0.3, 0.4) is 0 Å². The summed E-state index contributed by atoms with van der Waals surface area (Å²) in [5.74, 6) is -0.343. The first-order valence-electron chi connectivity index (χ1n) is 4.85. The number of ether oxygens (including phenoxy) is 1. The van der Waals surface area contributed by atoms with Crippen LogP contribution in [0.4, 0.5) is 0 Å². The Morgan fingerprint density at radius 2 is 2.13 bits per heavy atom. The van der Waals surface area contributed by atoms with E-state index in [1.165, 1.54) is 0 Å². The lowest BCUT2D eigenvalue weighted by atomic mass is 9.72. The summed E-state index contributed by atoms with van der Waals surface area (Å²) in [7, 11) is -3.20. The van der Waals surface area contributed by atoms with Crippen LogP contribution < -0.4 is 0 Å². The van der Waals surface area contributed by atoms with Gasteiger partial charge in [0.25, 0.3) is 0 Å². The van der Waals surface area contributed by atoms with Crippen LogP contribution in [0.5, 0.6) is 0 Å². The Balaban J connectivity index is 2.34. The molecule has 0 bridgehead atoms. The summed E-state index contributed by atoms with van der Waals surface area (Å²) in [4.78, 5) is 0. The molecule has 0 amide bonds. The summed E-state index contributed by atoms with van der Waals surface area (Å²) in [6, 6.07) is 2.06. The summed E-state index contributed by atoms with van der Waals surface area (Å²) >= 11 is 0. The molecule has 2 unspecified atom stereocenters. The summed E-state index contributed by atoms with van der Waals surface area (Å²) < 4.78 is 27.8. The fraction of sp³-hybridized carbons (Fsp3) is 0.889. The van der Waals surface area contributed by atoms with Gasteiger partial charge in [-0.05, 0) is 12.8 Å². The Kier molecular flexibility index (Phi) is 2.30. The lowest BCUT2D eigenvalue weighted by molar-refractivity contribution is -0.0359. The zero-order valence-electron chi connectivity index (χ0n) is 8.27. The van der Waals surface area contributed by atoms with Crippen LogP contribution >= 0.6 is 0 Å². The van der Waals surface area contributed by atoms with Crippen molar-refractivity contribution in [1.82, 2.24) is 0 Å². The van der Waals surface area contributed by atoms with Crippen LogP contribution in [0, 0.1) is 16.7 Å². The zero-order chi connectivity index (χ0) is 11.2. The van der Waals surface area contributed by atoms with Crippen molar-refractivity contribution in [1.29, 1.82) is 5.26 Å². The second-order valence-electron chi connectivity index (χ2n) is 4.37. The average Bonchev–Trinajstić information content (AvgIpc) is 2.72. The van der Waals surface area contributed by atoms with E-state index in [0.29, 0.717) is 13.0 Å². The van der Waals surface area contributed by atoms with Crippen molar-refractivity contribution in [3.05, 3.63) is 0 Å². The predicted molar refractivity (Wildman–Crippen MR) is 51.7 cm³/mol. The molecule has 2 rings (SSSR count). The number of hydrogen-bond acceptors (Lipinski definition) is 5. The van der Waals surface area contributed by atoms with Crippen molar-refractivity contribution in [3.63, 3.8) is 0 Å². The third-order valence-corrected chi connectivity index (χ3v) is 5.16. The maximum absolute atomic E-state index is 11.4. The molecule has 0 aromatic rings. The smallest absolute Gasteiger partial charge is 0.153 e. The number of rotatable bonds is 1. The molecule has 2 heterocycles. The number of hydrogen-bond donors (Lipinski definition) is 1. The molecule has 0 aromatic heterocycles. The molecule has 5 nitrogen and oxygen atoms in total. The predicted octanol–water partition coefficient (Wildman–Crippen LogP) is -0.534. The van der Waals surface area contributed by atoms with Crippen molar-refractivity contribution in [2.45, 2.75) is 18.4 Å². The van der Waals surface area contributed by atoms with Gasteiger partial charge in [-0.25, -0.2) is 8.42 Å². The lowest BCUT2D eigenvalue weighted by Gasteiger charge is -2.34. The Labute approximate surface area is 88.6 Å².